The number of hydrogen-bond acceptors (Lipinski definition) is 2. The quantitative estimate of drug-likeness (QED) is 0.855. The summed E-state index contributed by atoms with van der Waals surface area (Å²) in [4.78, 5) is 27.5. The fourth-order valence-corrected chi connectivity index (χ4v) is 3.91. The Balaban J connectivity index is 1.79. The number of carbonyl (C=O) groups excluding carboxylic acids is 2. The van der Waals surface area contributed by atoms with Gasteiger partial charge in [0.2, 0.25) is 0 Å². The average molecular weight is 364 g/mol. The first-order valence-electron chi connectivity index (χ1n) is 9.63. The Morgan fingerprint density at radius 2 is 1.70 bits per heavy atom. The van der Waals surface area contributed by atoms with Crippen LogP contribution in [0.2, 0.25) is 0 Å². The van der Waals surface area contributed by atoms with Crippen LogP contribution in [0.4, 0.5) is 5.69 Å². The van der Waals surface area contributed by atoms with E-state index in [1.54, 1.807) is 24.3 Å². The molecule has 0 radical (unpaired) electrons. The van der Waals surface area contributed by atoms with Crippen molar-refractivity contribution in [3.05, 3.63) is 64.2 Å². The molecule has 0 spiro atoms. The highest BCUT2D eigenvalue weighted by molar-refractivity contribution is 6.06. The van der Waals surface area contributed by atoms with E-state index in [1.165, 1.54) is 12.0 Å². The van der Waals surface area contributed by atoms with Crippen LogP contribution in [0.15, 0.2) is 36.4 Å². The molecule has 1 atom stereocenters. The van der Waals surface area contributed by atoms with Gasteiger partial charge in [-0.3, -0.25) is 9.59 Å². The highest BCUT2D eigenvalue weighted by Crippen LogP contribution is 2.23. The Labute approximate surface area is 161 Å². The molecule has 1 heterocycles. The lowest BCUT2D eigenvalue weighted by atomic mass is 9.99. The van der Waals surface area contributed by atoms with Crippen molar-refractivity contribution in [2.24, 2.45) is 5.92 Å². The zero-order valence-corrected chi connectivity index (χ0v) is 16.6. The summed E-state index contributed by atoms with van der Waals surface area (Å²) in [6.07, 6.45) is 2.21. The maximum atomic E-state index is 12.8. The van der Waals surface area contributed by atoms with Crippen molar-refractivity contribution in [3.8, 4) is 0 Å². The molecular formula is C23H28N2O2. The zero-order chi connectivity index (χ0) is 19.6. The molecule has 1 N–H and O–H groups in total. The number of likely N-dealkylation sites (tertiary alicyclic amines) is 1. The van der Waals surface area contributed by atoms with Crippen molar-refractivity contribution in [1.29, 1.82) is 0 Å². The lowest BCUT2D eigenvalue weighted by Crippen LogP contribution is -2.39. The standard InChI is InChI=1S/C23H28N2O2/c1-15-7-6-10-25(14-15)23(27)20-9-5-8-19(13-20)22(26)24-21-17(3)11-16(2)12-18(21)4/h5,8-9,11-13,15H,6-7,10,14H2,1-4H3,(H,24,26). The molecule has 4 heteroatoms. The SMILES string of the molecule is Cc1cc(C)c(NC(=O)c2cccc(C(=O)N3CCCC(C)C3)c2)c(C)c1. The molecule has 142 valence electrons. The molecule has 1 saturated heterocycles. The summed E-state index contributed by atoms with van der Waals surface area (Å²) in [6.45, 7) is 9.79. The van der Waals surface area contributed by atoms with E-state index in [0.717, 1.165) is 36.3 Å². The van der Waals surface area contributed by atoms with Gasteiger partial charge in [-0.05, 0) is 68.9 Å². The van der Waals surface area contributed by atoms with Crippen LogP contribution < -0.4 is 5.32 Å². The number of amides is 2. The summed E-state index contributed by atoms with van der Waals surface area (Å²) in [5.74, 6) is 0.354. The first kappa shape index (κ1) is 19.2. The van der Waals surface area contributed by atoms with Crippen molar-refractivity contribution >= 4 is 17.5 Å². The van der Waals surface area contributed by atoms with E-state index in [0.29, 0.717) is 17.0 Å². The van der Waals surface area contributed by atoms with Crippen molar-refractivity contribution in [2.45, 2.75) is 40.5 Å². The van der Waals surface area contributed by atoms with Gasteiger partial charge in [0.05, 0.1) is 0 Å². The second-order valence-electron chi connectivity index (χ2n) is 7.81. The van der Waals surface area contributed by atoms with E-state index in [1.807, 2.05) is 25.7 Å². The topological polar surface area (TPSA) is 49.4 Å². The summed E-state index contributed by atoms with van der Waals surface area (Å²) >= 11 is 0. The van der Waals surface area contributed by atoms with E-state index in [2.05, 4.69) is 24.4 Å². The predicted molar refractivity (Wildman–Crippen MR) is 109 cm³/mol. The van der Waals surface area contributed by atoms with Crippen LogP contribution >= 0.6 is 0 Å². The van der Waals surface area contributed by atoms with Gasteiger partial charge >= 0.3 is 0 Å². The van der Waals surface area contributed by atoms with Crippen molar-refractivity contribution in [3.63, 3.8) is 0 Å². The summed E-state index contributed by atoms with van der Waals surface area (Å²) < 4.78 is 0. The summed E-state index contributed by atoms with van der Waals surface area (Å²) in [7, 11) is 0. The largest absolute Gasteiger partial charge is 0.338 e. The van der Waals surface area contributed by atoms with E-state index in [9.17, 15) is 9.59 Å². The number of rotatable bonds is 3. The van der Waals surface area contributed by atoms with E-state index in [-0.39, 0.29) is 11.8 Å². The molecule has 1 aliphatic rings. The van der Waals surface area contributed by atoms with Gasteiger partial charge in [-0.1, -0.05) is 30.7 Å². The van der Waals surface area contributed by atoms with Crippen LogP contribution in [0.1, 0.15) is 57.2 Å². The third kappa shape index (κ3) is 4.38. The normalized spacial score (nSPS) is 16.9. The Bertz CT molecular complexity index is 849. The minimum atomic E-state index is -0.188. The molecule has 1 unspecified atom stereocenters. The van der Waals surface area contributed by atoms with Crippen LogP contribution in [0.3, 0.4) is 0 Å². The van der Waals surface area contributed by atoms with Gasteiger partial charge in [-0.25, -0.2) is 0 Å². The van der Waals surface area contributed by atoms with Gasteiger partial charge in [0.1, 0.15) is 0 Å². The van der Waals surface area contributed by atoms with Gasteiger partial charge in [0.15, 0.2) is 0 Å². The second-order valence-corrected chi connectivity index (χ2v) is 7.81. The number of anilines is 1. The summed E-state index contributed by atoms with van der Waals surface area (Å²) in [6, 6.07) is 11.1. The summed E-state index contributed by atoms with van der Waals surface area (Å²) in [5, 5.41) is 3.01. The lowest BCUT2D eigenvalue weighted by molar-refractivity contribution is 0.0683. The van der Waals surface area contributed by atoms with Gasteiger partial charge in [0.25, 0.3) is 11.8 Å². The van der Waals surface area contributed by atoms with Crippen LogP contribution in [0.25, 0.3) is 0 Å². The molecule has 0 aliphatic carbocycles. The lowest BCUT2D eigenvalue weighted by Gasteiger charge is -2.31. The number of carbonyl (C=O) groups is 2. The van der Waals surface area contributed by atoms with Gasteiger partial charge in [-0.2, -0.15) is 0 Å². The van der Waals surface area contributed by atoms with Gasteiger partial charge in [0, 0.05) is 29.9 Å². The highest BCUT2D eigenvalue weighted by Gasteiger charge is 2.22. The molecule has 27 heavy (non-hydrogen) atoms. The number of hydrogen-bond donors (Lipinski definition) is 1. The minimum absolute atomic E-state index is 0.0129. The third-order valence-electron chi connectivity index (χ3n) is 5.23. The first-order valence-corrected chi connectivity index (χ1v) is 9.63. The van der Waals surface area contributed by atoms with E-state index < -0.39 is 0 Å². The Hall–Kier alpha value is -2.62. The van der Waals surface area contributed by atoms with Crippen molar-refractivity contribution < 1.29 is 9.59 Å². The fourth-order valence-electron chi connectivity index (χ4n) is 3.91. The molecule has 0 bridgehead atoms. The second kappa shape index (κ2) is 7.95. The molecule has 2 aromatic rings. The molecule has 1 aliphatic heterocycles. The fraction of sp³-hybridized carbons (Fsp3) is 0.391. The number of nitrogens with one attached hydrogen (secondary N) is 1. The number of nitrogens with zero attached hydrogens (tertiary/aromatic N) is 1. The maximum absolute atomic E-state index is 12.8. The van der Waals surface area contributed by atoms with Gasteiger partial charge in [-0.15, -0.1) is 0 Å². The molecule has 2 aromatic carbocycles. The third-order valence-corrected chi connectivity index (χ3v) is 5.23. The van der Waals surface area contributed by atoms with Crippen LogP contribution in [-0.4, -0.2) is 29.8 Å². The molecule has 0 aromatic heterocycles. The average Bonchev–Trinajstić information content (AvgIpc) is 2.64. The molecule has 4 nitrogen and oxygen atoms in total. The highest BCUT2D eigenvalue weighted by atomic mass is 16.2. The number of benzene rings is 2. The Morgan fingerprint density at radius 3 is 2.37 bits per heavy atom. The van der Waals surface area contributed by atoms with Crippen LogP contribution in [0.5, 0.6) is 0 Å². The molecule has 0 saturated carbocycles. The molecule has 2 amide bonds. The van der Waals surface area contributed by atoms with Crippen LogP contribution in [0, 0.1) is 26.7 Å². The molecule has 1 fully saturated rings. The van der Waals surface area contributed by atoms with Crippen molar-refractivity contribution in [2.75, 3.05) is 18.4 Å². The smallest absolute Gasteiger partial charge is 0.255 e. The first-order chi connectivity index (χ1) is 12.8. The number of piperidine rings is 1. The Kier molecular flexibility index (Phi) is 5.64. The number of aryl methyl sites for hydroxylation is 3. The van der Waals surface area contributed by atoms with E-state index >= 15 is 0 Å². The molecular weight excluding hydrogens is 336 g/mol. The maximum Gasteiger partial charge on any atom is 0.255 e. The van der Waals surface area contributed by atoms with Crippen LogP contribution in [-0.2, 0) is 0 Å². The zero-order valence-electron chi connectivity index (χ0n) is 16.6. The molecule has 3 rings (SSSR count). The summed E-state index contributed by atoms with van der Waals surface area (Å²) in [5.41, 5.74) is 5.17. The monoisotopic (exact) mass is 364 g/mol. The van der Waals surface area contributed by atoms with E-state index in [4.69, 9.17) is 0 Å². The predicted octanol–water partition coefficient (Wildman–Crippen LogP) is 4.74. The van der Waals surface area contributed by atoms with Gasteiger partial charge < -0.3 is 10.2 Å². The van der Waals surface area contributed by atoms with Crippen molar-refractivity contribution in [1.82, 2.24) is 4.90 Å². The Morgan fingerprint density at radius 1 is 1.04 bits per heavy atom. The minimum Gasteiger partial charge on any atom is -0.338 e.